The quantitative estimate of drug-likeness (QED) is 0.0224. The van der Waals surface area contributed by atoms with E-state index in [0.717, 1.165) is 148 Å². The van der Waals surface area contributed by atoms with E-state index in [1.165, 1.54) is 11.1 Å². The first-order valence-corrected chi connectivity index (χ1v) is 29.0. The molecule has 0 N–H and O–H groups in total. The van der Waals surface area contributed by atoms with E-state index in [2.05, 4.69) is 116 Å². The Hall–Kier alpha value is -6.87. The Bertz CT molecular complexity index is 3280. The van der Waals surface area contributed by atoms with Gasteiger partial charge in [0.2, 0.25) is 11.4 Å². The maximum Gasteiger partial charge on any atom is 0.309 e. The Kier molecular flexibility index (Phi) is 14.3. The molecule has 0 saturated heterocycles. The third-order valence-electron chi connectivity index (χ3n) is 18.1. The topological polar surface area (TPSA) is 118 Å². The number of hydrogen-bond donors (Lipinski definition) is 0. The highest BCUT2D eigenvalue weighted by atomic mass is 16.5. The Labute approximate surface area is 454 Å². The molecule has 1 aromatic heterocycles. The normalized spacial score (nSPS) is 21.9. The van der Waals surface area contributed by atoms with Gasteiger partial charge in [0.05, 0.1) is 23.4 Å². The number of fused-ring (bicyclic) bond motifs is 7. The van der Waals surface area contributed by atoms with Crippen LogP contribution in [0.3, 0.4) is 0 Å². The van der Waals surface area contributed by atoms with Gasteiger partial charge in [-0.2, -0.15) is 9.15 Å². The number of para-hydroxylation sites is 2. The second kappa shape index (κ2) is 21.2. The minimum absolute atomic E-state index is 0.00611. The minimum atomic E-state index is -0.396. The number of hydrogen-bond acceptors (Lipinski definition) is 6. The van der Waals surface area contributed by atoms with Gasteiger partial charge in [0, 0.05) is 98.9 Å². The third kappa shape index (κ3) is 9.19. The SMILES string of the molecule is CCCCCC[N+]1=C(/C=C2/C(=O)C(c3ccc4c(c3)c3cc(C5=C([O-])/C(=C\C6=[N+](CCCCCC)c7ccccc7C6(C)C)C5=O)ccc3n4CCCCCCOC(=O)C3CC4C=CC3C4)=C2[O-])C(C)(C)c2ccccc21. The first kappa shape index (κ1) is 52.2. The van der Waals surface area contributed by atoms with Crippen molar-refractivity contribution in [3.8, 4) is 0 Å². The molecular weight excluding hydrogens is 955 g/mol. The molecule has 3 unspecified atom stereocenters. The van der Waals surface area contributed by atoms with E-state index in [1.807, 2.05) is 48.6 Å². The predicted molar refractivity (Wildman–Crippen MR) is 305 cm³/mol. The molecule has 4 aliphatic carbocycles. The number of carbonyl (C=O) groups is 3. The van der Waals surface area contributed by atoms with E-state index < -0.39 is 10.8 Å². The maximum atomic E-state index is 14.4. The van der Waals surface area contributed by atoms with Gasteiger partial charge in [-0.25, -0.2) is 0 Å². The van der Waals surface area contributed by atoms with Crippen molar-refractivity contribution in [1.82, 2.24) is 4.57 Å². The van der Waals surface area contributed by atoms with Gasteiger partial charge in [-0.1, -0.05) is 118 Å². The van der Waals surface area contributed by atoms with Crippen LogP contribution in [0.2, 0.25) is 0 Å². The Morgan fingerprint density at radius 1 is 0.623 bits per heavy atom. The van der Waals surface area contributed by atoms with Crippen molar-refractivity contribution < 1.29 is 38.5 Å². The standard InChI is InChI=1S/C68H75N3O6/c1-7-9-11-19-34-70-56-25-17-15-23-52(56)67(3,4)58(70)41-50-62(72)60(63(50)73)45-29-31-54-48(39-45)49-40-46(30-32-55(49)69(54)33-21-13-14-22-36-77-66(76)47-38-43-27-28-44(47)37-43)61-64(74)51(65(61)75)42-59-68(5,6)53-24-16-18-26-57(53)71(59)35-20-12-10-8-2/h15-18,23-32,39-44,47H,7-14,19-22,33-38H2,1-6H3. The van der Waals surface area contributed by atoms with Gasteiger partial charge in [-0.05, 0) is 120 Å². The Balaban J connectivity index is 0.907. The monoisotopic (exact) mass is 1030 g/mol. The van der Waals surface area contributed by atoms with Crippen molar-refractivity contribution in [2.45, 2.75) is 149 Å². The van der Waals surface area contributed by atoms with Crippen molar-refractivity contribution >= 4 is 73.3 Å². The van der Waals surface area contributed by atoms with Gasteiger partial charge in [-0.15, -0.1) is 0 Å². The summed E-state index contributed by atoms with van der Waals surface area (Å²) in [6.45, 7) is 15.9. The third-order valence-corrected chi connectivity index (χ3v) is 18.1. The molecule has 9 nitrogen and oxygen atoms in total. The van der Waals surface area contributed by atoms with Crippen LogP contribution in [-0.4, -0.2) is 62.4 Å². The summed E-state index contributed by atoms with van der Waals surface area (Å²) < 4.78 is 12.7. The molecular formula is C68H75N3O6. The molecule has 3 heterocycles. The van der Waals surface area contributed by atoms with Gasteiger partial charge < -0.3 is 19.5 Å². The van der Waals surface area contributed by atoms with E-state index in [4.69, 9.17) is 4.74 Å². The summed E-state index contributed by atoms with van der Waals surface area (Å²) >= 11 is 0. The van der Waals surface area contributed by atoms with Crippen LogP contribution in [0.15, 0.2) is 132 Å². The summed E-state index contributed by atoms with van der Waals surface area (Å²) in [6.07, 6.45) is 22.5. The summed E-state index contributed by atoms with van der Waals surface area (Å²) in [7, 11) is 0. The molecule has 11 rings (SSSR count). The van der Waals surface area contributed by atoms with Crippen molar-refractivity contribution in [2.24, 2.45) is 17.8 Å². The number of unbranched alkanes of at least 4 members (excludes halogenated alkanes) is 9. The second-order valence-corrected chi connectivity index (χ2v) is 23.7. The number of ketones is 2. The summed E-state index contributed by atoms with van der Waals surface area (Å²) in [5.41, 5.74) is 9.58. The summed E-state index contributed by atoms with van der Waals surface area (Å²) in [5.74, 6) is -0.209. The Morgan fingerprint density at radius 3 is 1.58 bits per heavy atom. The number of ether oxygens (including phenoxy) is 1. The van der Waals surface area contributed by atoms with Gasteiger partial charge in [-0.3, -0.25) is 14.4 Å². The number of aryl methyl sites for hydroxylation is 1. The molecule has 9 heteroatoms. The van der Waals surface area contributed by atoms with Crippen LogP contribution in [0, 0.1) is 17.8 Å². The number of carbonyl (C=O) groups excluding carboxylic acids is 3. The molecule has 0 amide bonds. The lowest BCUT2D eigenvalue weighted by Gasteiger charge is -2.31. The van der Waals surface area contributed by atoms with Crippen LogP contribution in [-0.2, 0) is 36.5 Å². The molecule has 1 saturated carbocycles. The van der Waals surface area contributed by atoms with Crippen LogP contribution >= 0.6 is 0 Å². The second-order valence-electron chi connectivity index (χ2n) is 23.7. The summed E-state index contributed by atoms with van der Waals surface area (Å²) in [4.78, 5) is 41.6. The van der Waals surface area contributed by atoms with E-state index >= 15 is 0 Å². The highest BCUT2D eigenvalue weighted by molar-refractivity contribution is 6.41. The number of allylic oxidation sites excluding steroid dienone is 8. The first-order valence-electron chi connectivity index (χ1n) is 29.0. The molecule has 77 heavy (non-hydrogen) atoms. The van der Waals surface area contributed by atoms with E-state index in [-0.39, 0.29) is 57.3 Å². The van der Waals surface area contributed by atoms with Crippen LogP contribution in [0.4, 0.5) is 11.4 Å². The fourth-order valence-electron chi connectivity index (χ4n) is 13.7. The number of aromatic nitrogens is 1. The van der Waals surface area contributed by atoms with E-state index in [9.17, 15) is 24.6 Å². The number of esters is 1. The number of rotatable bonds is 22. The predicted octanol–water partition coefficient (Wildman–Crippen LogP) is 12.6. The van der Waals surface area contributed by atoms with Crippen molar-refractivity contribution in [1.29, 1.82) is 0 Å². The number of Topliss-reactive ketones (excluding diaryl/α,β-unsaturated/α-hetero) is 2. The molecule has 0 radical (unpaired) electrons. The minimum Gasteiger partial charge on any atom is -0.871 e. The highest BCUT2D eigenvalue weighted by Gasteiger charge is 2.47. The summed E-state index contributed by atoms with van der Waals surface area (Å²) in [5, 5.41) is 30.5. The van der Waals surface area contributed by atoms with Crippen LogP contribution in [0.1, 0.15) is 154 Å². The van der Waals surface area contributed by atoms with Crippen molar-refractivity contribution in [2.75, 3.05) is 19.7 Å². The molecule has 0 spiro atoms. The largest absolute Gasteiger partial charge is 0.871 e. The van der Waals surface area contributed by atoms with Gasteiger partial charge >= 0.3 is 5.97 Å². The molecule has 5 aromatic rings. The lowest BCUT2D eigenvalue weighted by Crippen LogP contribution is -2.33. The van der Waals surface area contributed by atoms with E-state index in [1.54, 1.807) is 0 Å². The maximum absolute atomic E-state index is 14.4. The fourth-order valence-corrected chi connectivity index (χ4v) is 13.7. The number of nitrogens with zero attached hydrogens (tertiary/aromatic N) is 3. The smallest absolute Gasteiger partial charge is 0.309 e. The molecule has 6 aliphatic rings. The van der Waals surface area contributed by atoms with Gasteiger partial charge in [0.15, 0.2) is 23.0 Å². The molecule has 2 aliphatic heterocycles. The van der Waals surface area contributed by atoms with Crippen molar-refractivity contribution in [3.63, 3.8) is 0 Å². The molecule has 3 atom stereocenters. The van der Waals surface area contributed by atoms with Crippen LogP contribution in [0.25, 0.3) is 33.0 Å². The zero-order chi connectivity index (χ0) is 53.8. The highest BCUT2D eigenvalue weighted by Crippen LogP contribution is 2.47. The number of benzene rings is 4. The summed E-state index contributed by atoms with van der Waals surface area (Å²) in [6, 6.07) is 28.5. The van der Waals surface area contributed by atoms with Gasteiger partial charge in [0.1, 0.15) is 13.1 Å². The average Bonchev–Trinajstić information content (AvgIpc) is 4.45. The van der Waals surface area contributed by atoms with Gasteiger partial charge in [0.25, 0.3) is 0 Å². The first-order chi connectivity index (χ1) is 37.2. The van der Waals surface area contributed by atoms with E-state index in [0.29, 0.717) is 36.1 Å². The van der Waals surface area contributed by atoms with Crippen molar-refractivity contribution in [3.05, 3.63) is 154 Å². The molecule has 4 aromatic carbocycles. The zero-order valence-corrected chi connectivity index (χ0v) is 46.1. The molecule has 1 fully saturated rings. The van der Waals surface area contributed by atoms with Crippen LogP contribution in [0.5, 0.6) is 0 Å². The average molecular weight is 1030 g/mol. The van der Waals surface area contributed by atoms with Crippen LogP contribution < -0.4 is 10.2 Å². The lowest BCUT2D eigenvalue weighted by molar-refractivity contribution is -0.438. The zero-order valence-electron chi connectivity index (χ0n) is 46.1. The molecule has 2 bridgehead atoms. The lowest BCUT2D eigenvalue weighted by atomic mass is 9.77. The Morgan fingerprint density at radius 2 is 1.12 bits per heavy atom. The fraction of sp³-hybridized carbons (Fsp3) is 0.426. The molecule has 398 valence electrons.